The van der Waals surface area contributed by atoms with Gasteiger partial charge in [0.25, 0.3) is 11.5 Å². The number of methoxy groups -OCH3 is 2. The maximum absolute atomic E-state index is 13.8. The molecule has 8 nitrogen and oxygen atoms in total. The summed E-state index contributed by atoms with van der Waals surface area (Å²) in [5.74, 6) is 0.490. The number of hydrogen-bond acceptors (Lipinski definition) is 5. The van der Waals surface area contributed by atoms with Gasteiger partial charge in [0.15, 0.2) is 0 Å². The van der Waals surface area contributed by atoms with E-state index in [9.17, 15) is 9.59 Å². The number of carbonyl (C=O) groups excluding carboxylic acids is 1. The lowest BCUT2D eigenvalue weighted by Crippen LogP contribution is -2.28. The van der Waals surface area contributed by atoms with Crippen LogP contribution >= 0.6 is 0 Å². The zero-order valence-electron chi connectivity index (χ0n) is 23.0. The number of hydrazone groups is 1. The molecule has 0 saturated heterocycles. The third kappa shape index (κ3) is 5.81. The Bertz CT molecular complexity index is 1670. The summed E-state index contributed by atoms with van der Waals surface area (Å²) < 4.78 is 12.0. The Labute approximate surface area is 237 Å². The molecule has 5 rings (SSSR count). The zero-order chi connectivity index (χ0) is 28.8. The molecule has 206 valence electrons. The van der Waals surface area contributed by atoms with Crippen LogP contribution in [-0.4, -0.2) is 35.6 Å². The average molecular weight is 547 g/mol. The molecule has 1 aromatic heterocycles. The van der Waals surface area contributed by atoms with Crippen molar-refractivity contribution in [1.82, 2.24) is 15.2 Å². The van der Waals surface area contributed by atoms with Crippen molar-refractivity contribution in [2.24, 2.45) is 5.10 Å². The molecule has 0 atom stereocenters. The first kappa shape index (κ1) is 27.2. The van der Waals surface area contributed by atoms with E-state index in [-0.39, 0.29) is 11.5 Å². The van der Waals surface area contributed by atoms with Gasteiger partial charge in [0.2, 0.25) is 0 Å². The number of aromatic amines is 1. The van der Waals surface area contributed by atoms with Gasteiger partial charge in [-0.25, -0.2) is 10.1 Å². The first-order valence-electron chi connectivity index (χ1n) is 13.1. The molecule has 4 aromatic carbocycles. The molecule has 0 aliphatic carbocycles. The molecule has 5 aromatic rings. The fraction of sp³-hybridized carbons (Fsp3) is 0.121. The summed E-state index contributed by atoms with van der Waals surface area (Å²) in [6, 6.07) is 33.6. The van der Waals surface area contributed by atoms with E-state index in [0.717, 1.165) is 16.7 Å². The lowest BCUT2D eigenvalue weighted by Gasteiger charge is -2.16. The Kier molecular flexibility index (Phi) is 8.10. The number of carbonyl (C=O) groups is 1. The van der Waals surface area contributed by atoms with Gasteiger partial charge in [-0.3, -0.25) is 14.7 Å². The summed E-state index contributed by atoms with van der Waals surface area (Å²) in [5.41, 5.74) is 6.73. The van der Waals surface area contributed by atoms with Crippen LogP contribution in [0.2, 0.25) is 0 Å². The predicted molar refractivity (Wildman–Crippen MR) is 160 cm³/mol. The highest BCUT2D eigenvalue weighted by atomic mass is 16.5. The SMILES string of the molecule is COc1ccc(-c2[nH]n(-c3ccc(OC)cc3)c(=O)c2C(C)=NNC(=O)C(c2ccccc2)c2ccccc2)cc1. The van der Waals surface area contributed by atoms with Crippen molar-refractivity contribution in [2.45, 2.75) is 12.8 Å². The van der Waals surface area contributed by atoms with Gasteiger partial charge < -0.3 is 9.47 Å². The molecule has 0 fully saturated rings. The normalized spacial score (nSPS) is 11.4. The minimum atomic E-state index is -0.572. The Morgan fingerprint density at radius 2 is 1.29 bits per heavy atom. The van der Waals surface area contributed by atoms with Gasteiger partial charge in [-0.1, -0.05) is 60.7 Å². The molecule has 41 heavy (non-hydrogen) atoms. The predicted octanol–water partition coefficient (Wildman–Crippen LogP) is 5.52. The Balaban J connectivity index is 1.54. The Morgan fingerprint density at radius 1 is 0.780 bits per heavy atom. The van der Waals surface area contributed by atoms with Crippen LogP contribution in [0.15, 0.2) is 119 Å². The van der Waals surface area contributed by atoms with Crippen molar-refractivity contribution in [1.29, 1.82) is 0 Å². The molecule has 0 aliphatic heterocycles. The first-order valence-corrected chi connectivity index (χ1v) is 13.1. The minimum absolute atomic E-state index is 0.306. The van der Waals surface area contributed by atoms with Crippen molar-refractivity contribution < 1.29 is 14.3 Å². The number of H-pyrrole nitrogens is 1. The molecule has 0 bridgehead atoms. The monoisotopic (exact) mass is 546 g/mol. The summed E-state index contributed by atoms with van der Waals surface area (Å²) >= 11 is 0. The third-order valence-electron chi connectivity index (χ3n) is 6.82. The molecule has 0 saturated carbocycles. The van der Waals surface area contributed by atoms with Crippen molar-refractivity contribution in [3.63, 3.8) is 0 Å². The summed E-state index contributed by atoms with van der Waals surface area (Å²) in [7, 11) is 3.18. The van der Waals surface area contributed by atoms with E-state index in [1.54, 1.807) is 45.4 Å². The number of aromatic nitrogens is 2. The molecule has 0 unspecified atom stereocenters. The quantitative estimate of drug-likeness (QED) is 0.188. The fourth-order valence-electron chi connectivity index (χ4n) is 4.70. The van der Waals surface area contributed by atoms with Crippen molar-refractivity contribution in [3.8, 4) is 28.4 Å². The highest BCUT2D eigenvalue weighted by Crippen LogP contribution is 2.26. The molecule has 8 heteroatoms. The maximum atomic E-state index is 13.8. The van der Waals surface area contributed by atoms with Crippen LogP contribution in [0, 0.1) is 0 Å². The van der Waals surface area contributed by atoms with Crippen LogP contribution in [0.5, 0.6) is 11.5 Å². The van der Waals surface area contributed by atoms with Gasteiger partial charge in [-0.2, -0.15) is 5.10 Å². The van der Waals surface area contributed by atoms with Gasteiger partial charge >= 0.3 is 0 Å². The van der Waals surface area contributed by atoms with E-state index in [4.69, 9.17) is 9.47 Å². The van der Waals surface area contributed by atoms with E-state index in [2.05, 4.69) is 15.6 Å². The standard InChI is InChI=1S/C33H30N4O4/c1-22(34-35-32(38)30(23-10-6-4-7-11-23)24-12-8-5-9-13-24)29-31(25-14-18-27(40-2)19-15-25)36-37(33(29)39)26-16-20-28(41-3)21-17-26/h4-21,30,36H,1-3H3,(H,35,38). The van der Waals surface area contributed by atoms with E-state index >= 15 is 0 Å². The van der Waals surface area contributed by atoms with Gasteiger partial charge in [-0.15, -0.1) is 0 Å². The van der Waals surface area contributed by atoms with E-state index in [1.807, 2.05) is 84.9 Å². The molecule has 0 aliphatic rings. The van der Waals surface area contributed by atoms with Crippen LogP contribution in [0.1, 0.15) is 29.5 Å². The molecular formula is C33H30N4O4. The van der Waals surface area contributed by atoms with Crippen molar-refractivity contribution in [2.75, 3.05) is 14.2 Å². The van der Waals surface area contributed by atoms with Crippen molar-refractivity contribution in [3.05, 3.63) is 136 Å². The van der Waals surface area contributed by atoms with Gasteiger partial charge in [-0.05, 0) is 66.6 Å². The topological polar surface area (TPSA) is 97.7 Å². The fourth-order valence-corrected chi connectivity index (χ4v) is 4.70. The van der Waals surface area contributed by atoms with Crippen LogP contribution in [0.3, 0.4) is 0 Å². The number of amides is 1. The lowest BCUT2D eigenvalue weighted by molar-refractivity contribution is -0.121. The highest BCUT2D eigenvalue weighted by molar-refractivity contribution is 6.04. The number of nitrogens with zero attached hydrogens (tertiary/aromatic N) is 2. The van der Waals surface area contributed by atoms with E-state index < -0.39 is 5.92 Å². The Morgan fingerprint density at radius 3 is 1.80 bits per heavy atom. The van der Waals surface area contributed by atoms with Crippen LogP contribution in [-0.2, 0) is 4.79 Å². The second kappa shape index (κ2) is 12.2. The number of benzene rings is 4. The summed E-state index contributed by atoms with van der Waals surface area (Å²) in [5, 5.41) is 7.65. The van der Waals surface area contributed by atoms with Gasteiger partial charge in [0, 0.05) is 5.56 Å². The molecule has 2 N–H and O–H groups in total. The summed E-state index contributed by atoms with van der Waals surface area (Å²) in [6.07, 6.45) is 0. The zero-order valence-corrected chi connectivity index (χ0v) is 23.0. The number of hydrogen-bond donors (Lipinski definition) is 2. The molecule has 0 radical (unpaired) electrons. The molecule has 0 spiro atoms. The number of rotatable bonds is 9. The first-order chi connectivity index (χ1) is 20.0. The number of nitrogens with one attached hydrogen (secondary N) is 2. The van der Waals surface area contributed by atoms with Crippen LogP contribution < -0.4 is 20.5 Å². The van der Waals surface area contributed by atoms with E-state index in [0.29, 0.717) is 34.2 Å². The Hall–Kier alpha value is -5.37. The smallest absolute Gasteiger partial charge is 0.281 e. The van der Waals surface area contributed by atoms with Crippen LogP contribution in [0.4, 0.5) is 0 Å². The van der Waals surface area contributed by atoms with E-state index in [1.165, 1.54) is 4.68 Å². The highest BCUT2D eigenvalue weighted by Gasteiger charge is 2.24. The second-order valence-electron chi connectivity index (χ2n) is 9.36. The van der Waals surface area contributed by atoms with Crippen LogP contribution in [0.25, 0.3) is 16.9 Å². The summed E-state index contributed by atoms with van der Waals surface area (Å²) in [4.78, 5) is 27.3. The third-order valence-corrected chi connectivity index (χ3v) is 6.82. The van der Waals surface area contributed by atoms with Gasteiger partial charge in [0.1, 0.15) is 11.5 Å². The van der Waals surface area contributed by atoms with Gasteiger partial charge in [0.05, 0.1) is 42.8 Å². The average Bonchev–Trinajstić information content (AvgIpc) is 3.38. The molecular weight excluding hydrogens is 516 g/mol. The number of ether oxygens (including phenoxy) is 2. The minimum Gasteiger partial charge on any atom is -0.497 e. The summed E-state index contributed by atoms with van der Waals surface area (Å²) in [6.45, 7) is 1.70. The van der Waals surface area contributed by atoms with Crippen molar-refractivity contribution >= 4 is 11.6 Å². The largest absolute Gasteiger partial charge is 0.497 e. The molecule has 1 heterocycles. The second-order valence-corrected chi connectivity index (χ2v) is 9.36. The maximum Gasteiger partial charge on any atom is 0.281 e. The molecule has 1 amide bonds. The lowest BCUT2D eigenvalue weighted by atomic mass is 9.91.